The number of hydrogen-bond acceptors (Lipinski definition) is 4. The van der Waals surface area contributed by atoms with Crippen LogP contribution >= 0.6 is 0 Å². The van der Waals surface area contributed by atoms with Crippen LogP contribution in [0.1, 0.15) is 11.7 Å². The first-order chi connectivity index (χ1) is 7.31. The third-order valence-corrected chi connectivity index (χ3v) is 2.95. The van der Waals surface area contributed by atoms with Crippen LogP contribution in [0.5, 0.6) is 0 Å². The van der Waals surface area contributed by atoms with Gasteiger partial charge in [0.25, 0.3) is 0 Å². The van der Waals surface area contributed by atoms with Crippen molar-refractivity contribution in [1.29, 1.82) is 0 Å². The van der Waals surface area contributed by atoms with Crippen molar-refractivity contribution in [2.75, 3.05) is 13.7 Å². The topological polar surface area (TPSA) is 44.8 Å². The molecule has 0 amide bonds. The average Bonchev–Trinajstić information content (AvgIpc) is 2.62. The fourth-order valence-corrected chi connectivity index (χ4v) is 2.32. The number of rotatable bonds is 3. The Morgan fingerprint density at radius 1 is 1.33 bits per heavy atom. The van der Waals surface area contributed by atoms with Gasteiger partial charge in [0.15, 0.2) is 0 Å². The van der Waals surface area contributed by atoms with E-state index in [-0.39, 0.29) is 12.2 Å². The molecule has 0 aromatic heterocycles. The second kappa shape index (κ2) is 4.85. The van der Waals surface area contributed by atoms with Gasteiger partial charge in [0.05, 0.1) is 6.61 Å². The molecule has 4 nitrogen and oxygen atoms in total. The van der Waals surface area contributed by atoms with E-state index in [9.17, 15) is 4.21 Å². The Morgan fingerprint density at radius 3 is 2.73 bits per heavy atom. The maximum atomic E-state index is 11.1. The minimum absolute atomic E-state index is 0.307. The molecule has 1 aliphatic rings. The van der Waals surface area contributed by atoms with Crippen molar-refractivity contribution in [2.24, 2.45) is 0 Å². The predicted molar refractivity (Wildman–Crippen MR) is 55.2 cm³/mol. The molecule has 1 saturated heterocycles. The standard InChI is InChI=1S/C10H12O4S/c1-12-7-9-10(14-15(11)13-9)8-5-3-2-4-6-8/h2-6,9-10H,7H2,1H3/t9-,10-,15?/m0/s1. The summed E-state index contributed by atoms with van der Waals surface area (Å²) >= 11 is -1.66. The van der Waals surface area contributed by atoms with Gasteiger partial charge in [0, 0.05) is 7.11 Å². The van der Waals surface area contributed by atoms with Crippen molar-refractivity contribution in [2.45, 2.75) is 12.2 Å². The van der Waals surface area contributed by atoms with Gasteiger partial charge in [-0.1, -0.05) is 30.3 Å². The molecule has 0 aliphatic carbocycles. The molecular formula is C10H12O4S. The molecule has 0 N–H and O–H groups in total. The Kier molecular flexibility index (Phi) is 3.48. The lowest BCUT2D eigenvalue weighted by molar-refractivity contribution is 0.0615. The molecule has 1 unspecified atom stereocenters. The summed E-state index contributed by atoms with van der Waals surface area (Å²) in [5.41, 5.74) is 0.949. The molecule has 0 spiro atoms. The molecule has 5 heteroatoms. The van der Waals surface area contributed by atoms with Crippen molar-refractivity contribution in [1.82, 2.24) is 0 Å². The number of methoxy groups -OCH3 is 1. The lowest BCUT2D eigenvalue weighted by Crippen LogP contribution is -2.20. The molecule has 3 atom stereocenters. The Morgan fingerprint density at radius 2 is 2.07 bits per heavy atom. The van der Waals surface area contributed by atoms with E-state index in [0.717, 1.165) is 5.56 Å². The second-order valence-electron chi connectivity index (χ2n) is 3.22. The number of ether oxygens (including phenoxy) is 1. The largest absolute Gasteiger partial charge is 0.382 e. The third kappa shape index (κ3) is 2.43. The Hall–Kier alpha value is -0.750. The predicted octanol–water partition coefficient (Wildman–Crippen LogP) is 1.37. The van der Waals surface area contributed by atoms with E-state index in [4.69, 9.17) is 13.1 Å². The van der Waals surface area contributed by atoms with Gasteiger partial charge < -0.3 is 4.74 Å². The zero-order valence-electron chi connectivity index (χ0n) is 8.29. The molecule has 0 radical (unpaired) electrons. The molecule has 1 heterocycles. The molecule has 2 rings (SSSR count). The van der Waals surface area contributed by atoms with Crippen LogP contribution in [0.3, 0.4) is 0 Å². The smallest absolute Gasteiger partial charge is 0.305 e. The van der Waals surface area contributed by atoms with E-state index in [1.807, 2.05) is 30.3 Å². The van der Waals surface area contributed by atoms with Crippen LogP contribution in [0.2, 0.25) is 0 Å². The van der Waals surface area contributed by atoms with Crippen molar-refractivity contribution in [3.05, 3.63) is 35.9 Å². The zero-order chi connectivity index (χ0) is 10.7. The summed E-state index contributed by atoms with van der Waals surface area (Å²) < 4.78 is 26.4. The van der Waals surface area contributed by atoms with Crippen molar-refractivity contribution in [3.63, 3.8) is 0 Å². The van der Waals surface area contributed by atoms with Crippen LogP contribution in [0, 0.1) is 0 Å². The first-order valence-electron chi connectivity index (χ1n) is 4.61. The molecule has 1 fully saturated rings. The lowest BCUT2D eigenvalue weighted by atomic mass is 10.1. The van der Waals surface area contributed by atoms with Gasteiger partial charge >= 0.3 is 11.4 Å². The lowest BCUT2D eigenvalue weighted by Gasteiger charge is -2.13. The average molecular weight is 228 g/mol. The summed E-state index contributed by atoms with van der Waals surface area (Å²) in [7, 11) is 1.58. The van der Waals surface area contributed by atoms with Gasteiger partial charge in [-0.3, -0.25) is 8.37 Å². The Bertz CT molecular complexity index is 341. The monoisotopic (exact) mass is 228 g/mol. The Balaban J connectivity index is 2.17. The summed E-state index contributed by atoms with van der Waals surface area (Å²) in [6, 6.07) is 9.56. The first kappa shape index (κ1) is 10.8. The maximum Gasteiger partial charge on any atom is 0.305 e. The van der Waals surface area contributed by atoms with Crippen LogP contribution in [0.15, 0.2) is 30.3 Å². The van der Waals surface area contributed by atoms with E-state index in [0.29, 0.717) is 6.61 Å². The third-order valence-electron chi connectivity index (χ3n) is 2.18. The van der Waals surface area contributed by atoms with Crippen LogP contribution in [-0.2, 0) is 24.5 Å². The van der Waals surface area contributed by atoms with Crippen molar-refractivity contribution < 1.29 is 17.3 Å². The molecule has 1 aromatic rings. The summed E-state index contributed by atoms with van der Waals surface area (Å²) in [5.74, 6) is 0. The van der Waals surface area contributed by atoms with Gasteiger partial charge in [-0.25, -0.2) is 0 Å². The van der Waals surface area contributed by atoms with Gasteiger partial charge in [0.1, 0.15) is 12.2 Å². The second-order valence-corrected chi connectivity index (χ2v) is 4.01. The molecule has 1 aromatic carbocycles. The van der Waals surface area contributed by atoms with E-state index >= 15 is 0 Å². The van der Waals surface area contributed by atoms with Gasteiger partial charge in [-0.2, -0.15) is 4.21 Å². The number of benzene rings is 1. The minimum Gasteiger partial charge on any atom is -0.382 e. The van der Waals surface area contributed by atoms with Crippen LogP contribution < -0.4 is 0 Å². The van der Waals surface area contributed by atoms with Crippen molar-refractivity contribution >= 4 is 11.4 Å². The summed E-state index contributed by atoms with van der Waals surface area (Å²) in [6.45, 7) is 0.366. The maximum absolute atomic E-state index is 11.1. The van der Waals surface area contributed by atoms with E-state index in [1.165, 1.54) is 0 Å². The fourth-order valence-electron chi connectivity index (χ4n) is 1.51. The normalized spacial score (nSPS) is 30.6. The van der Waals surface area contributed by atoms with Gasteiger partial charge in [0.2, 0.25) is 0 Å². The van der Waals surface area contributed by atoms with E-state index in [1.54, 1.807) is 7.11 Å². The fraction of sp³-hybridized carbons (Fsp3) is 0.400. The quantitative estimate of drug-likeness (QED) is 0.783. The SMILES string of the molecule is COC[C@@H]1OS(=O)O[C@H]1c1ccccc1. The molecule has 82 valence electrons. The van der Waals surface area contributed by atoms with E-state index in [2.05, 4.69) is 0 Å². The van der Waals surface area contributed by atoms with Crippen molar-refractivity contribution in [3.8, 4) is 0 Å². The highest BCUT2D eigenvalue weighted by Crippen LogP contribution is 2.31. The van der Waals surface area contributed by atoms with Gasteiger partial charge in [-0.15, -0.1) is 0 Å². The molecule has 0 bridgehead atoms. The zero-order valence-corrected chi connectivity index (χ0v) is 9.11. The highest BCUT2D eigenvalue weighted by atomic mass is 32.2. The highest BCUT2D eigenvalue weighted by molar-refractivity contribution is 7.75. The van der Waals surface area contributed by atoms with Crippen LogP contribution in [-0.4, -0.2) is 24.0 Å². The molecule has 15 heavy (non-hydrogen) atoms. The molecule has 0 saturated carbocycles. The Labute approximate surface area is 91.0 Å². The number of hydrogen-bond donors (Lipinski definition) is 0. The minimum atomic E-state index is -1.66. The van der Waals surface area contributed by atoms with Crippen LogP contribution in [0.4, 0.5) is 0 Å². The van der Waals surface area contributed by atoms with Gasteiger partial charge in [-0.05, 0) is 5.56 Å². The summed E-state index contributed by atoms with van der Waals surface area (Å²) in [6.07, 6.45) is -0.620. The van der Waals surface area contributed by atoms with Crippen LogP contribution in [0.25, 0.3) is 0 Å². The molecular weight excluding hydrogens is 216 g/mol. The summed E-state index contributed by atoms with van der Waals surface area (Å²) in [4.78, 5) is 0. The highest BCUT2D eigenvalue weighted by Gasteiger charge is 2.36. The first-order valence-corrected chi connectivity index (χ1v) is 5.61. The van der Waals surface area contributed by atoms with E-state index < -0.39 is 11.4 Å². The summed E-state index contributed by atoms with van der Waals surface area (Å²) in [5, 5.41) is 0. The molecule has 1 aliphatic heterocycles.